The molecule has 0 atom stereocenters. The second-order valence-electron chi connectivity index (χ2n) is 2.76. The normalized spacial score (nSPS) is 10.6. The van der Waals surface area contributed by atoms with E-state index in [9.17, 15) is 0 Å². The molecule has 1 aromatic rings. The maximum atomic E-state index is 6.00. The van der Waals surface area contributed by atoms with Crippen molar-refractivity contribution in [2.24, 2.45) is 0 Å². The average Bonchev–Trinajstić information content (AvgIpc) is 2.23. The van der Waals surface area contributed by atoms with E-state index >= 15 is 0 Å². The van der Waals surface area contributed by atoms with Crippen LogP contribution in [0.2, 0.25) is 10.0 Å². The number of halogens is 2. The van der Waals surface area contributed by atoms with E-state index in [4.69, 9.17) is 27.9 Å². The van der Waals surface area contributed by atoms with Gasteiger partial charge < -0.3 is 4.74 Å². The lowest BCUT2D eigenvalue weighted by Gasteiger charge is -2.05. The summed E-state index contributed by atoms with van der Waals surface area (Å²) < 4.78 is 5.30. The molecule has 0 saturated heterocycles. The zero-order valence-corrected chi connectivity index (χ0v) is 11.3. The summed E-state index contributed by atoms with van der Waals surface area (Å²) in [7, 11) is 0. The highest BCUT2D eigenvalue weighted by molar-refractivity contribution is 7.99. The third kappa shape index (κ3) is 5.36. The van der Waals surface area contributed by atoms with Crippen molar-refractivity contribution in [1.29, 1.82) is 0 Å². The van der Waals surface area contributed by atoms with Crippen molar-refractivity contribution in [3.05, 3.63) is 28.2 Å². The van der Waals surface area contributed by atoms with E-state index in [1.807, 2.05) is 6.07 Å². The smallest absolute Gasteiger partial charge is 0.0560 e. The Kier molecular flexibility index (Phi) is 6.93. The largest absolute Gasteiger partial charge is 0.380 e. The Morgan fingerprint density at radius 2 is 2.07 bits per heavy atom. The van der Waals surface area contributed by atoms with E-state index in [1.54, 1.807) is 23.9 Å². The number of thioether (sulfide) groups is 1. The Morgan fingerprint density at radius 3 is 2.80 bits per heavy atom. The van der Waals surface area contributed by atoms with Crippen LogP contribution >= 0.6 is 47.6 Å². The summed E-state index contributed by atoms with van der Waals surface area (Å²) in [5.41, 5.74) is 0. The van der Waals surface area contributed by atoms with Gasteiger partial charge in [0.2, 0.25) is 0 Å². The molecule has 0 aliphatic rings. The monoisotopic (exact) mass is 282 g/mol. The van der Waals surface area contributed by atoms with Gasteiger partial charge in [0.1, 0.15) is 0 Å². The lowest BCUT2D eigenvalue weighted by Crippen LogP contribution is -1.99. The molecule has 0 aliphatic carbocycles. The third-order valence-corrected chi connectivity index (χ3v) is 3.49. The van der Waals surface area contributed by atoms with Gasteiger partial charge >= 0.3 is 0 Å². The molecule has 0 amide bonds. The molecule has 0 aromatic heterocycles. The molecule has 0 heterocycles. The molecule has 0 spiro atoms. The predicted octanol–water partition coefficient (Wildman–Crippen LogP) is 4.03. The standard InChI is InChI=1S/C10H12Cl2OS2/c11-8-1-2-9(12)10(7-8)15-6-4-13-3-5-14/h1-2,7,14H,3-6H2. The predicted molar refractivity (Wildman–Crippen MR) is 71.9 cm³/mol. The minimum absolute atomic E-state index is 0.687. The van der Waals surface area contributed by atoms with E-state index in [0.717, 1.165) is 21.4 Å². The van der Waals surface area contributed by atoms with E-state index < -0.39 is 0 Å². The summed E-state index contributed by atoms with van der Waals surface area (Å²) in [5, 5.41) is 1.44. The Labute approximate surface area is 110 Å². The Morgan fingerprint density at radius 1 is 1.27 bits per heavy atom. The molecule has 15 heavy (non-hydrogen) atoms. The van der Waals surface area contributed by atoms with Gasteiger partial charge in [-0.25, -0.2) is 0 Å². The van der Waals surface area contributed by atoms with Gasteiger partial charge in [-0.15, -0.1) is 11.8 Å². The van der Waals surface area contributed by atoms with Gasteiger partial charge in [-0.3, -0.25) is 0 Å². The molecule has 0 bridgehead atoms. The second-order valence-corrected chi connectivity index (χ2v) is 5.19. The first-order valence-electron chi connectivity index (χ1n) is 4.50. The maximum absolute atomic E-state index is 6.00. The van der Waals surface area contributed by atoms with Gasteiger partial charge in [-0.1, -0.05) is 23.2 Å². The fourth-order valence-corrected chi connectivity index (χ4v) is 2.45. The van der Waals surface area contributed by atoms with Gasteiger partial charge in [0.15, 0.2) is 0 Å². The van der Waals surface area contributed by atoms with Gasteiger partial charge in [-0.05, 0) is 18.2 Å². The first kappa shape index (κ1) is 13.5. The lowest BCUT2D eigenvalue weighted by atomic mass is 10.4. The number of hydrogen-bond acceptors (Lipinski definition) is 3. The molecule has 0 aliphatic heterocycles. The highest BCUT2D eigenvalue weighted by Gasteiger charge is 2.01. The fraction of sp³-hybridized carbons (Fsp3) is 0.400. The molecule has 1 aromatic carbocycles. The first-order valence-corrected chi connectivity index (χ1v) is 6.88. The van der Waals surface area contributed by atoms with Crippen LogP contribution in [-0.4, -0.2) is 24.7 Å². The third-order valence-electron chi connectivity index (χ3n) is 1.61. The summed E-state index contributed by atoms with van der Waals surface area (Å²) in [5.74, 6) is 1.62. The molecule has 0 saturated carbocycles. The number of hydrogen-bond donors (Lipinski definition) is 1. The van der Waals surface area contributed by atoms with Crippen molar-refractivity contribution in [3.8, 4) is 0 Å². The number of thiol groups is 1. The maximum Gasteiger partial charge on any atom is 0.0560 e. The summed E-state index contributed by atoms with van der Waals surface area (Å²) in [6, 6.07) is 5.46. The Balaban J connectivity index is 2.33. The highest BCUT2D eigenvalue weighted by atomic mass is 35.5. The molecule has 1 nitrogen and oxygen atoms in total. The van der Waals surface area contributed by atoms with E-state index in [2.05, 4.69) is 12.6 Å². The molecule has 84 valence electrons. The minimum Gasteiger partial charge on any atom is -0.380 e. The van der Waals surface area contributed by atoms with Gasteiger partial charge in [-0.2, -0.15) is 12.6 Å². The van der Waals surface area contributed by atoms with Crippen LogP contribution in [0.4, 0.5) is 0 Å². The van der Waals surface area contributed by atoms with Crippen LogP contribution in [0, 0.1) is 0 Å². The van der Waals surface area contributed by atoms with Crippen LogP contribution in [0.15, 0.2) is 23.1 Å². The van der Waals surface area contributed by atoms with Crippen molar-refractivity contribution in [2.45, 2.75) is 4.90 Å². The zero-order valence-electron chi connectivity index (χ0n) is 8.08. The quantitative estimate of drug-likeness (QED) is 0.479. The molecular formula is C10H12Cl2OS2. The molecule has 1 rings (SSSR count). The second kappa shape index (κ2) is 7.69. The Hall–Kier alpha value is 0.460. The number of ether oxygens (including phenoxy) is 1. The number of rotatable bonds is 6. The van der Waals surface area contributed by atoms with Crippen molar-refractivity contribution in [2.75, 3.05) is 24.7 Å². The summed E-state index contributed by atoms with van der Waals surface area (Å²) in [4.78, 5) is 0.999. The van der Waals surface area contributed by atoms with Crippen LogP contribution in [0.1, 0.15) is 0 Å². The van der Waals surface area contributed by atoms with Crippen LogP contribution in [0.3, 0.4) is 0 Å². The lowest BCUT2D eigenvalue weighted by molar-refractivity contribution is 0.167. The van der Waals surface area contributed by atoms with Crippen molar-refractivity contribution in [1.82, 2.24) is 0 Å². The van der Waals surface area contributed by atoms with Crippen molar-refractivity contribution >= 4 is 47.6 Å². The fourth-order valence-electron chi connectivity index (χ4n) is 0.965. The van der Waals surface area contributed by atoms with Crippen LogP contribution in [0.5, 0.6) is 0 Å². The van der Waals surface area contributed by atoms with Crippen LogP contribution in [0.25, 0.3) is 0 Å². The average molecular weight is 283 g/mol. The zero-order chi connectivity index (χ0) is 11.1. The van der Waals surface area contributed by atoms with Crippen LogP contribution < -0.4 is 0 Å². The Bertz CT molecular complexity index is 307. The van der Waals surface area contributed by atoms with Gasteiger partial charge in [0.25, 0.3) is 0 Å². The summed E-state index contributed by atoms with van der Waals surface area (Å²) in [6.45, 7) is 1.39. The van der Waals surface area contributed by atoms with Gasteiger partial charge in [0, 0.05) is 21.4 Å². The minimum atomic E-state index is 0.687. The van der Waals surface area contributed by atoms with E-state index in [0.29, 0.717) is 18.2 Å². The topological polar surface area (TPSA) is 9.23 Å². The number of benzene rings is 1. The molecular weight excluding hydrogens is 271 g/mol. The molecule has 0 N–H and O–H groups in total. The molecule has 5 heteroatoms. The van der Waals surface area contributed by atoms with E-state index in [-0.39, 0.29) is 0 Å². The molecule has 0 radical (unpaired) electrons. The molecule has 0 fully saturated rings. The summed E-state index contributed by atoms with van der Waals surface area (Å²) in [6.07, 6.45) is 0. The van der Waals surface area contributed by atoms with Crippen LogP contribution in [-0.2, 0) is 4.74 Å². The van der Waals surface area contributed by atoms with E-state index in [1.165, 1.54) is 0 Å². The van der Waals surface area contributed by atoms with Crippen molar-refractivity contribution < 1.29 is 4.74 Å². The first-order chi connectivity index (χ1) is 7.24. The van der Waals surface area contributed by atoms with Gasteiger partial charge in [0.05, 0.1) is 18.2 Å². The summed E-state index contributed by atoms with van der Waals surface area (Å²) >= 11 is 17.6. The van der Waals surface area contributed by atoms with Crippen molar-refractivity contribution in [3.63, 3.8) is 0 Å². The molecule has 0 unspecified atom stereocenters. The SMILES string of the molecule is SCCOCCSc1cc(Cl)ccc1Cl. The highest BCUT2D eigenvalue weighted by Crippen LogP contribution is 2.29.